The molecule has 4 heteroatoms. The van der Waals surface area contributed by atoms with Gasteiger partial charge in [0.05, 0.1) is 28.4 Å². The van der Waals surface area contributed by atoms with E-state index in [-0.39, 0.29) is 5.41 Å². The van der Waals surface area contributed by atoms with Crippen molar-refractivity contribution in [2.45, 2.75) is 57.8 Å². The van der Waals surface area contributed by atoms with Gasteiger partial charge in [0, 0.05) is 5.41 Å². The molecule has 0 amide bonds. The first-order chi connectivity index (χ1) is 14.6. The molecule has 0 fully saturated rings. The molecule has 0 saturated carbocycles. The molecule has 0 saturated heterocycles. The zero-order chi connectivity index (χ0) is 22.6. The number of hydrogen-bond donors (Lipinski definition) is 1. The van der Waals surface area contributed by atoms with E-state index in [4.69, 9.17) is 9.47 Å². The number of fused-ring (bicyclic) bond motifs is 3. The highest BCUT2D eigenvalue weighted by molar-refractivity contribution is 6.84. The van der Waals surface area contributed by atoms with Gasteiger partial charge in [0.1, 0.15) is 11.5 Å². The third-order valence-electron chi connectivity index (χ3n) is 7.22. The van der Waals surface area contributed by atoms with E-state index in [1.807, 2.05) is 24.3 Å². The van der Waals surface area contributed by atoms with Crippen LogP contribution in [-0.2, 0) is 5.41 Å². The van der Waals surface area contributed by atoms with Crippen LogP contribution in [-0.4, -0.2) is 27.4 Å². The normalized spacial score (nSPS) is 23.4. The second-order valence-electron chi connectivity index (χ2n) is 10.1. The Hall–Kier alpha value is -2.30. The lowest BCUT2D eigenvalue weighted by Crippen LogP contribution is -2.40. The van der Waals surface area contributed by atoms with Crippen molar-refractivity contribution in [3.8, 4) is 11.5 Å². The lowest BCUT2D eigenvalue weighted by atomic mass is 9.61. The van der Waals surface area contributed by atoms with Gasteiger partial charge in [0.15, 0.2) is 0 Å². The number of rotatable bonds is 4. The molecule has 0 unspecified atom stereocenters. The van der Waals surface area contributed by atoms with Crippen LogP contribution in [0.4, 0.5) is 0 Å². The van der Waals surface area contributed by atoms with Gasteiger partial charge in [0.25, 0.3) is 0 Å². The van der Waals surface area contributed by atoms with Gasteiger partial charge in [-0.2, -0.15) is 0 Å². The average molecular weight is 435 g/mol. The lowest BCUT2D eigenvalue weighted by molar-refractivity contribution is 0.160. The van der Waals surface area contributed by atoms with Gasteiger partial charge >= 0.3 is 0 Å². The van der Waals surface area contributed by atoms with E-state index in [9.17, 15) is 5.11 Å². The van der Waals surface area contributed by atoms with Crippen LogP contribution < -0.4 is 9.47 Å². The van der Waals surface area contributed by atoms with Crippen molar-refractivity contribution < 1.29 is 14.6 Å². The Kier molecular flexibility index (Phi) is 5.43. The molecular formula is C27H34O3Si. The van der Waals surface area contributed by atoms with Crippen molar-refractivity contribution in [1.29, 1.82) is 0 Å². The largest absolute Gasteiger partial charge is 0.497 e. The third-order valence-corrected chi connectivity index (χ3v) is 9.46. The lowest BCUT2D eigenvalue weighted by Gasteiger charge is -2.48. The first kappa shape index (κ1) is 21.9. The van der Waals surface area contributed by atoms with Crippen LogP contribution in [0.3, 0.4) is 0 Å². The van der Waals surface area contributed by atoms with Crippen molar-refractivity contribution in [1.82, 2.24) is 0 Å². The molecule has 164 valence electrons. The predicted octanol–water partition coefficient (Wildman–Crippen LogP) is 6.45. The van der Waals surface area contributed by atoms with Crippen LogP contribution in [0.5, 0.6) is 11.5 Å². The SMILES string of the molecule is COc1ccc(C2=C([Si](C)(C)C)C[C@@]3(C)C(=C2C)C[C@@H](O)c2cc(OC)ccc23)cc1. The van der Waals surface area contributed by atoms with Gasteiger partial charge in [0.2, 0.25) is 0 Å². The molecule has 31 heavy (non-hydrogen) atoms. The first-order valence-corrected chi connectivity index (χ1v) is 14.5. The van der Waals surface area contributed by atoms with Crippen molar-refractivity contribution in [3.63, 3.8) is 0 Å². The van der Waals surface area contributed by atoms with Gasteiger partial charge in [-0.3, -0.25) is 0 Å². The number of aliphatic hydroxyl groups excluding tert-OH is 1. The zero-order valence-electron chi connectivity index (χ0n) is 19.8. The smallest absolute Gasteiger partial charge is 0.119 e. The van der Waals surface area contributed by atoms with E-state index in [0.29, 0.717) is 6.42 Å². The first-order valence-electron chi connectivity index (χ1n) is 11.0. The topological polar surface area (TPSA) is 38.7 Å². The number of methoxy groups -OCH3 is 2. The summed E-state index contributed by atoms with van der Waals surface area (Å²) < 4.78 is 10.8. The number of allylic oxidation sites excluding steroid dienone is 3. The summed E-state index contributed by atoms with van der Waals surface area (Å²) in [4.78, 5) is 0. The second kappa shape index (κ2) is 7.68. The van der Waals surface area contributed by atoms with Gasteiger partial charge in [-0.15, -0.1) is 0 Å². The minimum Gasteiger partial charge on any atom is -0.497 e. The zero-order valence-corrected chi connectivity index (χ0v) is 20.8. The second-order valence-corrected chi connectivity index (χ2v) is 15.2. The highest BCUT2D eigenvalue weighted by Gasteiger charge is 2.46. The summed E-state index contributed by atoms with van der Waals surface area (Å²) in [5.41, 5.74) is 7.49. The molecular weight excluding hydrogens is 400 g/mol. The van der Waals surface area contributed by atoms with Crippen molar-refractivity contribution >= 4 is 13.6 Å². The summed E-state index contributed by atoms with van der Waals surface area (Å²) in [5, 5.41) is 12.7. The van der Waals surface area contributed by atoms with E-state index < -0.39 is 14.2 Å². The Labute approximate surface area is 187 Å². The van der Waals surface area contributed by atoms with Crippen LogP contribution in [0, 0.1) is 0 Å². The van der Waals surface area contributed by atoms with E-state index in [2.05, 4.69) is 51.7 Å². The Morgan fingerprint density at radius 3 is 2.16 bits per heavy atom. The molecule has 4 rings (SSSR count). The third kappa shape index (κ3) is 3.56. The number of ether oxygens (including phenoxy) is 2. The summed E-state index contributed by atoms with van der Waals surface area (Å²) in [6.45, 7) is 12.0. The molecule has 2 aromatic rings. The maximum atomic E-state index is 11.1. The summed E-state index contributed by atoms with van der Waals surface area (Å²) in [5.74, 6) is 1.68. The molecule has 0 bridgehead atoms. The summed E-state index contributed by atoms with van der Waals surface area (Å²) in [7, 11) is 1.77. The number of aliphatic hydroxyl groups is 1. The van der Waals surface area contributed by atoms with Crippen LogP contribution in [0.15, 0.2) is 58.8 Å². The Morgan fingerprint density at radius 1 is 0.968 bits per heavy atom. The fourth-order valence-corrected chi connectivity index (χ4v) is 7.48. The average Bonchev–Trinajstić information content (AvgIpc) is 2.74. The van der Waals surface area contributed by atoms with Crippen molar-refractivity contribution in [2.24, 2.45) is 0 Å². The molecule has 2 aliphatic rings. The van der Waals surface area contributed by atoms with E-state index in [1.54, 1.807) is 19.4 Å². The van der Waals surface area contributed by atoms with Crippen molar-refractivity contribution in [2.75, 3.05) is 14.2 Å². The van der Waals surface area contributed by atoms with Crippen LogP contribution >= 0.6 is 0 Å². The van der Waals surface area contributed by atoms with Gasteiger partial charge in [-0.25, -0.2) is 0 Å². The molecule has 3 nitrogen and oxygen atoms in total. The number of benzene rings is 2. The fraction of sp³-hybridized carbons (Fsp3) is 0.407. The highest BCUT2D eigenvalue weighted by Crippen LogP contribution is 2.56. The molecule has 0 aliphatic heterocycles. The maximum Gasteiger partial charge on any atom is 0.119 e. The molecule has 0 spiro atoms. The standard InChI is InChI=1S/C27H34O3Si/c1-17-23-15-24(28)21-14-20(30-4)12-13-22(21)27(23,2)16-25(31(5,6)7)26(17)18-8-10-19(29-3)11-9-18/h8-14,24,28H,15-16H2,1-7H3/t24-,27-/m1/s1. The van der Waals surface area contributed by atoms with E-state index in [0.717, 1.165) is 23.5 Å². The quantitative estimate of drug-likeness (QED) is 0.562. The Balaban J connectivity index is 1.95. The Morgan fingerprint density at radius 2 is 1.58 bits per heavy atom. The predicted molar refractivity (Wildman–Crippen MR) is 130 cm³/mol. The number of hydrogen-bond acceptors (Lipinski definition) is 3. The van der Waals surface area contributed by atoms with Gasteiger partial charge in [-0.05, 0) is 71.9 Å². The minimum absolute atomic E-state index is 0.101. The molecule has 0 radical (unpaired) electrons. The van der Waals surface area contributed by atoms with Crippen LogP contribution in [0.25, 0.3) is 5.57 Å². The Bertz CT molecular complexity index is 1070. The van der Waals surface area contributed by atoms with Crippen LogP contribution in [0.2, 0.25) is 19.6 Å². The minimum atomic E-state index is -1.62. The maximum absolute atomic E-state index is 11.1. The fourth-order valence-electron chi connectivity index (χ4n) is 5.51. The molecule has 0 aromatic heterocycles. The summed E-state index contributed by atoms with van der Waals surface area (Å²) >= 11 is 0. The molecule has 2 atom stereocenters. The highest BCUT2D eigenvalue weighted by atomic mass is 28.3. The van der Waals surface area contributed by atoms with Gasteiger partial charge < -0.3 is 14.6 Å². The molecule has 2 aromatic carbocycles. The monoisotopic (exact) mass is 434 g/mol. The molecule has 2 aliphatic carbocycles. The van der Waals surface area contributed by atoms with Gasteiger partial charge in [-0.1, -0.05) is 55.5 Å². The van der Waals surface area contributed by atoms with Crippen LogP contribution in [0.1, 0.15) is 49.5 Å². The van der Waals surface area contributed by atoms with E-state index >= 15 is 0 Å². The van der Waals surface area contributed by atoms with E-state index in [1.165, 1.54) is 27.8 Å². The molecule has 1 N–H and O–H groups in total. The van der Waals surface area contributed by atoms with Crippen molar-refractivity contribution in [3.05, 3.63) is 75.5 Å². The summed E-state index contributed by atoms with van der Waals surface area (Å²) in [6, 6.07) is 14.7. The summed E-state index contributed by atoms with van der Waals surface area (Å²) in [6.07, 6.45) is 1.16. The molecule has 0 heterocycles.